The number of allylic oxidation sites excluding steroid dienone is 4. The summed E-state index contributed by atoms with van der Waals surface area (Å²) in [5.41, 5.74) is 7.82. The highest BCUT2D eigenvalue weighted by Crippen LogP contribution is 2.29. The number of aliphatic hydroxyl groups excluding tert-OH is 1. The number of methoxy groups -OCH3 is 2. The molecule has 12 nitrogen and oxygen atoms in total. The Labute approximate surface area is 285 Å². The van der Waals surface area contributed by atoms with Crippen molar-refractivity contribution in [3.63, 3.8) is 0 Å². The van der Waals surface area contributed by atoms with E-state index in [-0.39, 0.29) is 17.4 Å². The fraction of sp³-hybridized carbons (Fsp3) is 0.611. The van der Waals surface area contributed by atoms with Crippen LogP contribution in [0.4, 0.5) is 4.79 Å². The van der Waals surface area contributed by atoms with E-state index in [1.165, 1.54) is 33.8 Å². The molecule has 48 heavy (non-hydrogen) atoms. The second-order valence-electron chi connectivity index (χ2n) is 12.6. The Morgan fingerprint density at radius 3 is 2.44 bits per heavy atom. The summed E-state index contributed by atoms with van der Waals surface area (Å²) in [6, 6.07) is 0. The third-order valence-electron chi connectivity index (χ3n) is 8.58. The average molecular weight is 673 g/mol. The zero-order chi connectivity index (χ0) is 35.8. The van der Waals surface area contributed by atoms with E-state index in [1.807, 2.05) is 13.8 Å². The minimum Gasteiger partial charge on any atom is -0.439 e. The summed E-state index contributed by atoms with van der Waals surface area (Å²) < 4.78 is 16.8. The van der Waals surface area contributed by atoms with Gasteiger partial charge in [-0.2, -0.15) is 0 Å². The lowest BCUT2D eigenvalue weighted by Crippen LogP contribution is -2.38. The van der Waals surface area contributed by atoms with Crippen LogP contribution in [0.5, 0.6) is 0 Å². The number of nitrogens with two attached hydrogens (primary N) is 1. The Balaban J connectivity index is 2.62. The van der Waals surface area contributed by atoms with Gasteiger partial charge in [-0.15, -0.1) is 0 Å². The standard InChI is InChI=1S/C36H56N4O8/c1-9-10-11-12-13-17-38-31-26-18-22(2)19-30(46-7)32(41)24(4)20-25(5)34(48-36(37)44)29(45-6)16-14-15-23(3)35(43)39-28(33(26)42)21-27(31)40-47-8/h14-16,20-22,24,29-30,32,34,38,41H,9-13,17-19H2,1-8H3,(H2,37,44)(H,39,43)/b16-14-,23-15+,25-20+,40-27+/t22-,24+,29+,30+,32-,34+/m1/s1. The molecule has 0 aromatic carbocycles. The van der Waals surface area contributed by atoms with Gasteiger partial charge in [0.2, 0.25) is 5.78 Å². The number of primary amides is 1. The van der Waals surface area contributed by atoms with Crippen LogP contribution in [0.15, 0.2) is 63.6 Å². The number of fused-ring (bicyclic) bond motifs is 2. The number of aliphatic hydroxyl groups is 1. The van der Waals surface area contributed by atoms with E-state index in [0.29, 0.717) is 47.5 Å². The van der Waals surface area contributed by atoms with Crippen molar-refractivity contribution in [2.45, 2.75) is 104 Å². The lowest BCUT2D eigenvalue weighted by molar-refractivity contribution is -0.119. The first-order valence-corrected chi connectivity index (χ1v) is 16.8. The van der Waals surface area contributed by atoms with E-state index in [1.54, 1.807) is 38.2 Å². The molecule has 0 radical (unpaired) electrons. The summed E-state index contributed by atoms with van der Waals surface area (Å²) in [5, 5.41) is 21.8. The fourth-order valence-electron chi connectivity index (χ4n) is 5.91. The minimum atomic E-state index is -0.982. The number of amides is 2. The average Bonchev–Trinajstić information content (AvgIpc) is 3.04. The van der Waals surface area contributed by atoms with Crippen LogP contribution in [0.2, 0.25) is 0 Å². The van der Waals surface area contributed by atoms with Crippen LogP contribution in [-0.4, -0.2) is 80.9 Å². The van der Waals surface area contributed by atoms with Crippen molar-refractivity contribution in [3.8, 4) is 0 Å². The third kappa shape index (κ3) is 12.1. The molecule has 2 amide bonds. The third-order valence-corrected chi connectivity index (χ3v) is 8.58. The molecule has 12 heteroatoms. The zero-order valence-corrected chi connectivity index (χ0v) is 29.8. The fourth-order valence-corrected chi connectivity index (χ4v) is 5.91. The maximum atomic E-state index is 14.0. The monoisotopic (exact) mass is 672 g/mol. The lowest BCUT2D eigenvalue weighted by Gasteiger charge is -2.30. The molecule has 0 spiro atoms. The molecule has 2 rings (SSSR count). The predicted octanol–water partition coefficient (Wildman–Crippen LogP) is 4.76. The zero-order valence-electron chi connectivity index (χ0n) is 29.8. The Bertz CT molecular complexity index is 1300. The molecule has 1 aliphatic heterocycles. The molecule has 6 atom stereocenters. The maximum absolute atomic E-state index is 14.0. The van der Waals surface area contributed by atoms with E-state index >= 15 is 0 Å². The molecule has 1 aliphatic carbocycles. The second kappa shape index (κ2) is 20.6. The van der Waals surface area contributed by atoms with Gasteiger partial charge in [-0.1, -0.05) is 75.9 Å². The molecule has 268 valence electrons. The van der Waals surface area contributed by atoms with Gasteiger partial charge in [0.05, 0.1) is 23.6 Å². The Morgan fingerprint density at radius 2 is 1.81 bits per heavy atom. The second-order valence-corrected chi connectivity index (χ2v) is 12.6. The van der Waals surface area contributed by atoms with Crippen molar-refractivity contribution in [2.75, 3.05) is 27.9 Å². The molecule has 5 N–H and O–H groups in total. The van der Waals surface area contributed by atoms with Crippen LogP contribution in [0.1, 0.15) is 79.6 Å². The van der Waals surface area contributed by atoms with Crippen LogP contribution in [0.3, 0.4) is 0 Å². The van der Waals surface area contributed by atoms with Gasteiger partial charge < -0.3 is 40.5 Å². The number of hydrogen-bond donors (Lipinski definition) is 4. The first-order valence-electron chi connectivity index (χ1n) is 16.8. The molecular formula is C36H56N4O8. The number of carbonyl (C=O) groups is 3. The Kier molecular flexibility index (Phi) is 17.3. The number of carbonyl (C=O) groups excluding carboxylic acids is 3. The van der Waals surface area contributed by atoms with Gasteiger partial charge in [-0.3, -0.25) is 9.59 Å². The number of ether oxygens (including phenoxy) is 3. The normalized spacial score (nSPS) is 30.0. The highest BCUT2D eigenvalue weighted by atomic mass is 16.6. The number of nitrogens with zero attached hydrogens (tertiary/aromatic N) is 1. The predicted molar refractivity (Wildman–Crippen MR) is 186 cm³/mol. The number of Topliss-reactive ketones (excluding diaryl/α,β-unsaturated/α-hetero) is 1. The Hall–Kier alpha value is -3.74. The molecule has 0 unspecified atom stereocenters. The lowest BCUT2D eigenvalue weighted by atomic mass is 9.85. The van der Waals surface area contributed by atoms with Crippen molar-refractivity contribution < 1.29 is 38.5 Å². The Morgan fingerprint density at radius 1 is 1.10 bits per heavy atom. The van der Waals surface area contributed by atoms with Crippen LogP contribution in [0, 0.1) is 11.8 Å². The van der Waals surface area contributed by atoms with Crippen molar-refractivity contribution in [1.82, 2.24) is 10.6 Å². The summed E-state index contributed by atoms with van der Waals surface area (Å²) in [5.74, 6) is -1.35. The smallest absolute Gasteiger partial charge is 0.405 e. The molecule has 0 saturated carbocycles. The van der Waals surface area contributed by atoms with E-state index < -0.39 is 42.3 Å². The number of unbranched alkanes of at least 4 members (excludes halogenated alkanes) is 4. The van der Waals surface area contributed by atoms with Gasteiger partial charge in [0.15, 0.2) is 6.10 Å². The van der Waals surface area contributed by atoms with E-state index in [9.17, 15) is 19.5 Å². The molecular weight excluding hydrogens is 616 g/mol. The van der Waals surface area contributed by atoms with Crippen LogP contribution < -0.4 is 16.4 Å². The molecule has 0 fully saturated rings. The molecule has 1 heterocycles. The number of ketones is 1. The largest absolute Gasteiger partial charge is 0.439 e. The van der Waals surface area contributed by atoms with Gasteiger partial charge in [0, 0.05) is 37.8 Å². The summed E-state index contributed by atoms with van der Waals surface area (Å²) in [6.45, 7) is 10.0. The van der Waals surface area contributed by atoms with Crippen molar-refractivity contribution in [1.29, 1.82) is 0 Å². The number of nitrogens with one attached hydrogen (secondary N) is 2. The molecule has 0 aromatic heterocycles. The van der Waals surface area contributed by atoms with Crippen molar-refractivity contribution >= 4 is 23.5 Å². The molecule has 2 aliphatic rings. The topological polar surface area (TPSA) is 171 Å². The minimum absolute atomic E-state index is 0.0719. The van der Waals surface area contributed by atoms with E-state index in [2.05, 4.69) is 22.7 Å². The van der Waals surface area contributed by atoms with Gasteiger partial charge in [-0.25, -0.2) is 4.79 Å². The summed E-state index contributed by atoms with van der Waals surface area (Å²) in [7, 11) is 4.43. The maximum Gasteiger partial charge on any atom is 0.405 e. The summed E-state index contributed by atoms with van der Waals surface area (Å²) in [4.78, 5) is 44.3. The van der Waals surface area contributed by atoms with E-state index in [0.717, 1.165) is 25.7 Å². The number of rotatable bonds is 11. The van der Waals surface area contributed by atoms with Gasteiger partial charge in [0.25, 0.3) is 5.91 Å². The van der Waals surface area contributed by atoms with Gasteiger partial charge in [0.1, 0.15) is 18.9 Å². The van der Waals surface area contributed by atoms with Crippen LogP contribution in [-0.2, 0) is 28.6 Å². The molecule has 0 aromatic rings. The van der Waals surface area contributed by atoms with Crippen molar-refractivity contribution in [3.05, 3.63) is 58.5 Å². The first-order chi connectivity index (χ1) is 22.9. The van der Waals surface area contributed by atoms with Gasteiger partial charge in [-0.05, 0) is 50.7 Å². The molecule has 2 bridgehead atoms. The number of oxime groups is 1. The first kappa shape index (κ1) is 40.4. The van der Waals surface area contributed by atoms with Crippen molar-refractivity contribution in [2.24, 2.45) is 22.7 Å². The summed E-state index contributed by atoms with van der Waals surface area (Å²) >= 11 is 0. The van der Waals surface area contributed by atoms with Crippen LogP contribution in [0.25, 0.3) is 0 Å². The summed E-state index contributed by atoms with van der Waals surface area (Å²) in [6.07, 6.45) is 10.1. The quantitative estimate of drug-likeness (QED) is 0.105. The number of hydrogen-bond acceptors (Lipinski definition) is 10. The van der Waals surface area contributed by atoms with E-state index in [4.69, 9.17) is 24.8 Å². The van der Waals surface area contributed by atoms with Crippen LogP contribution >= 0.6 is 0 Å². The molecule has 0 saturated heterocycles. The highest BCUT2D eigenvalue weighted by molar-refractivity contribution is 6.25. The van der Waals surface area contributed by atoms with Gasteiger partial charge >= 0.3 is 6.09 Å². The highest BCUT2D eigenvalue weighted by Gasteiger charge is 2.33. The SMILES string of the molecule is CCCCCCCNC1=C2C[C@@H](C)C[C@H](OC)[C@H](O)[C@@H](C)/C=C(\C)[C@H](OC(N)=O)[C@@H](OC)/C=C\C=C(/C)C(=O)NC(=C/C1=N\OC)C2=O.